The second kappa shape index (κ2) is 10.1. The van der Waals surface area contributed by atoms with Gasteiger partial charge in [0.05, 0.1) is 12.7 Å². The number of nitrogens with zero attached hydrogens (tertiary/aromatic N) is 1. The van der Waals surface area contributed by atoms with Crippen molar-refractivity contribution in [2.45, 2.75) is 13.0 Å². The van der Waals surface area contributed by atoms with Gasteiger partial charge in [-0.3, -0.25) is 0 Å². The van der Waals surface area contributed by atoms with E-state index < -0.39 is 0 Å². The smallest absolute Gasteiger partial charge is 0.333 e. The minimum atomic E-state index is -0.289. The first-order chi connectivity index (χ1) is 10.7. The van der Waals surface area contributed by atoms with Gasteiger partial charge in [-0.15, -0.1) is 0 Å². The van der Waals surface area contributed by atoms with E-state index in [0.29, 0.717) is 18.8 Å². The summed E-state index contributed by atoms with van der Waals surface area (Å²) in [6.45, 7) is 5.91. The molecule has 0 bridgehead atoms. The largest absolute Gasteiger partial charge is 0.459 e. The van der Waals surface area contributed by atoms with E-state index in [1.54, 1.807) is 19.1 Å². The van der Waals surface area contributed by atoms with E-state index >= 15 is 0 Å². The van der Waals surface area contributed by atoms with E-state index in [-0.39, 0.29) is 12.1 Å². The Morgan fingerprint density at radius 1 is 1.50 bits per heavy atom. The van der Waals surface area contributed by atoms with Crippen LogP contribution in [0.15, 0.2) is 60.7 Å². The molecule has 1 atom stereocenters. The molecule has 22 heavy (non-hydrogen) atoms. The SMILES string of the molecule is C=CC#N.CC(=CC=Cc1ccccc1)C(=O)OCC1CO1. The number of epoxide rings is 1. The molecule has 4 heteroatoms. The number of esters is 1. The topological polar surface area (TPSA) is 62.6 Å². The zero-order chi connectivity index (χ0) is 16.2. The minimum absolute atomic E-state index is 0.113. The van der Waals surface area contributed by atoms with Crippen molar-refractivity contribution in [2.24, 2.45) is 0 Å². The molecule has 0 saturated carbocycles. The number of ether oxygens (including phenoxy) is 2. The lowest BCUT2D eigenvalue weighted by atomic mass is 10.2. The molecule has 0 aromatic heterocycles. The highest BCUT2D eigenvalue weighted by Crippen LogP contribution is 2.10. The van der Waals surface area contributed by atoms with Crippen molar-refractivity contribution < 1.29 is 14.3 Å². The maximum atomic E-state index is 11.5. The molecule has 1 fully saturated rings. The Morgan fingerprint density at radius 2 is 2.14 bits per heavy atom. The van der Waals surface area contributed by atoms with E-state index in [1.807, 2.05) is 42.5 Å². The van der Waals surface area contributed by atoms with Gasteiger partial charge in [-0.25, -0.2) is 4.79 Å². The third-order valence-electron chi connectivity index (χ3n) is 2.65. The molecule has 0 aliphatic carbocycles. The number of allylic oxidation sites excluding steroid dienone is 3. The van der Waals surface area contributed by atoms with E-state index in [0.717, 1.165) is 5.56 Å². The summed E-state index contributed by atoms with van der Waals surface area (Å²) in [5.41, 5.74) is 1.68. The van der Waals surface area contributed by atoms with Crippen LogP contribution in [0.2, 0.25) is 0 Å². The van der Waals surface area contributed by atoms with Crippen LogP contribution in [0.3, 0.4) is 0 Å². The Bertz CT molecular complexity index is 578. The van der Waals surface area contributed by atoms with Gasteiger partial charge in [0.25, 0.3) is 0 Å². The molecule has 0 N–H and O–H groups in total. The Hall–Kier alpha value is -2.64. The molecular weight excluding hydrogens is 278 g/mol. The molecular formula is C18H19NO3. The van der Waals surface area contributed by atoms with Crippen LogP contribution in [0.5, 0.6) is 0 Å². The van der Waals surface area contributed by atoms with Gasteiger partial charge >= 0.3 is 5.97 Å². The van der Waals surface area contributed by atoms with Crippen molar-refractivity contribution in [3.8, 4) is 6.07 Å². The first-order valence-electron chi connectivity index (χ1n) is 6.86. The highest BCUT2D eigenvalue weighted by Gasteiger charge is 2.24. The van der Waals surface area contributed by atoms with Crippen LogP contribution in [0.1, 0.15) is 12.5 Å². The molecule has 1 aliphatic heterocycles. The molecule has 2 rings (SSSR count). The van der Waals surface area contributed by atoms with Crippen LogP contribution < -0.4 is 0 Å². The Kier molecular flexibility index (Phi) is 8.02. The molecule has 1 unspecified atom stereocenters. The summed E-state index contributed by atoms with van der Waals surface area (Å²) in [5.74, 6) is -0.289. The zero-order valence-electron chi connectivity index (χ0n) is 12.6. The second-order valence-corrected chi connectivity index (χ2v) is 4.51. The van der Waals surface area contributed by atoms with Gasteiger partial charge in [0, 0.05) is 11.6 Å². The minimum Gasteiger partial charge on any atom is -0.459 e. The fourth-order valence-electron chi connectivity index (χ4n) is 1.38. The van der Waals surface area contributed by atoms with Gasteiger partial charge < -0.3 is 9.47 Å². The van der Waals surface area contributed by atoms with Crippen LogP contribution in [-0.2, 0) is 14.3 Å². The van der Waals surface area contributed by atoms with E-state index in [4.69, 9.17) is 14.7 Å². The first-order valence-corrected chi connectivity index (χ1v) is 6.86. The van der Waals surface area contributed by atoms with E-state index in [1.165, 1.54) is 6.08 Å². The molecule has 1 aromatic carbocycles. The van der Waals surface area contributed by atoms with Gasteiger partial charge in [-0.2, -0.15) is 5.26 Å². The number of hydrogen-bond acceptors (Lipinski definition) is 4. The number of benzene rings is 1. The van der Waals surface area contributed by atoms with Gasteiger partial charge in [-0.05, 0) is 12.5 Å². The predicted molar refractivity (Wildman–Crippen MR) is 85.7 cm³/mol. The maximum Gasteiger partial charge on any atom is 0.333 e. The molecule has 0 radical (unpaired) electrons. The van der Waals surface area contributed by atoms with Crippen LogP contribution in [0.4, 0.5) is 0 Å². The van der Waals surface area contributed by atoms with Crippen molar-refractivity contribution in [2.75, 3.05) is 13.2 Å². The van der Waals surface area contributed by atoms with Crippen LogP contribution in [-0.4, -0.2) is 25.3 Å². The third kappa shape index (κ3) is 7.83. The Balaban J connectivity index is 0.000000541. The normalized spacial score (nSPS) is 16.2. The fourth-order valence-corrected chi connectivity index (χ4v) is 1.38. The van der Waals surface area contributed by atoms with Gasteiger partial charge in [-0.1, -0.05) is 55.1 Å². The van der Waals surface area contributed by atoms with E-state index in [2.05, 4.69) is 6.58 Å². The summed E-state index contributed by atoms with van der Waals surface area (Å²) in [6.07, 6.45) is 6.84. The average Bonchev–Trinajstić information content (AvgIpc) is 3.38. The predicted octanol–water partition coefficient (Wildman–Crippen LogP) is 3.28. The number of hydrogen-bond donors (Lipinski definition) is 0. The fraction of sp³-hybridized carbons (Fsp3) is 0.222. The summed E-state index contributed by atoms with van der Waals surface area (Å²) in [4.78, 5) is 11.5. The monoisotopic (exact) mass is 297 g/mol. The number of rotatable bonds is 5. The molecule has 114 valence electrons. The molecule has 0 amide bonds. The molecule has 1 saturated heterocycles. The van der Waals surface area contributed by atoms with E-state index in [9.17, 15) is 4.79 Å². The summed E-state index contributed by atoms with van der Waals surface area (Å²) in [5, 5.41) is 7.51. The van der Waals surface area contributed by atoms with Crippen LogP contribution in [0, 0.1) is 11.3 Å². The number of carbonyl (C=O) groups is 1. The van der Waals surface area contributed by atoms with Crippen molar-refractivity contribution in [3.05, 3.63) is 66.3 Å². The second-order valence-electron chi connectivity index (χ2n) is 4.51. The van der Waals surface area contributed by atoms with Crippen molar-refractivity contribution in [3.63, 3.8) is 0 Å². The van der Waals surface area contributed by atoms with Gasteiger partial charge in [0.15, 0.2) is 0 Å². The summed E-state index contributed by atoms with van der Waals surface area (Å²) in [6, 6.07) is 11.6. The molecule has 1 heterocycles. The summed E-state index contributed by atoms with van der Waals surface area (Å²) >= 11 is 0. The van der Waals surface area contributed by atoms with Crippen LogP contribution >= 0.6 is 0 Å². The summed E-state index contributed by atoms with van der Waals surface area (Å²) < 4.78 is 10.0. The quantitative estimate of drug-likeness (QED) is 0.275. The highest BCUT2D eigenvalue weighted by atomic mass is 16.6. The Morgan fingerprint density at radius 3 is 2.68 bits per heavy atom. The standard InChI is InChI=1S/C15H16O3.C3H3N/c1-12(15(16)18-11-14-10-17-14)6-5-9-13-7-3-2-4-8-13;1-2-3-4/h2-9,14H,10-11H2,1H3;2H,1H2. The molecule has 1 aromatic rings. The lowest BCUT2D eigenvalue weighted by Gasteiger charge is -2.01. The van der Waals surface area contributed by atoms with Crippen molar-refractivity contribution in [1.29, 1.82) is 5.26 Å². The lowest BCUT2D eigenvalue weighted by molar-refractivity contribution is -0.139. The highest BCUT2D eigenvalue weighted by molar-refractivity contribution is 5.88. The number of nitriles is 1. The third-order valence-corrected chi connectivity index (χ3v) is 2.65. The molecule has 4 nitrogen and oxygen atoms in total. The Labute approximate surface area is 131 Å². The number of carbonyl (C=O) groups excluding carboxylic acids is 1. The van der Waals surface area contributed by atoms with Crippen LogP contribution in [0.25, 0.3) is 6.08 Å². The van der Waals surface area contributed by atoms with Crippen molar-refractivity contribution in [1.82, 2.24) is 0 Å². The molecule has 1 aliphatic rings. The van der Waals surface area contributed by atoms with Gasteiger partial charge in [0.2, 0.25) is 0 Å². The maximum absolute atomic E-state index is 11.5. The average molecular weight is 297 g/mol. The first kappa shape index (κ1) is 17.4. The van der Waals surface area contributed by atoms with Gasteiger partial charge in [0.1, 0.15) is 12.7 Å². The zero-order valence-corrected chi connectivity index (χ0v) is 12.6. The summed E-state index contributed by atoms with van der Waals surface area (Å²) in [7, 11) is 0. The van der Waals surface area contributed by atoms with Crippen molar-refractivity contribution >= 4 is 12.0 Å². The molecule has 0 spiro atoms. The lowest BCUT2D eigenvalue weighted by Crippen LogP contribution is -2.10.